The van der Waals surface area contributed by atoms with Gasteiger partial charge in [0.15, 0.2) is 0 Å². The van der Waals surface area contributed by atoms with Crippen LogP contribution in [0.25, 0.3) is 0 Å². The largest absolute Gasteiger partial charge is 0.507 e. The molecule has 0 saturated carbocycles. The summed E-state index contributed by atoms with van der Waals surface area (Å²) in [5, 5.41) is 35.6. The van der Waals surface area contributed by atoms with E-state index in [0.717, 1.165) is 6.07 Å². The van der Waals surface area contributed by atoms with Gasteiger partial charge in [-0.2, -0.15) is 0 Å². The standard InChI is InChI=1S/C8H10O4/c9-3-5-1-6(4-10)8(12)2-7(5)11/h1-2,9-12H,3-4H2. The number of benzene rings is 1. The Morgan fingerprint density at radius 2 is 1.25 bits per heavy atom. The van der Waals surface area contributed by atoms with E-state index in [1.165, 1.54) is 6.07 Å². The number of rotatable bonds is 2. The maximum atomic E-state index is 9.11. The fraction of sp³-hybridized carbons (Fsp3) is 0.250. The molecule has 0 amide bonds. The average molecular weight is 170 g/mol. The van der Waals surface area contributed by atoms with E-state index >= 15 is 0 Å². The second kappa shape index (κ2) is 3.42. The third-order valence-corrected chi connectivity index (χ3v) is 1.62. The lowest BCUT2D eigenvalue weighted by atomic mass is 10.1. The second-order valence-electron chi connectivity index (χ2n) is 2.43. The predicted molar refractivity (Wildman–Crippen MR) is 41.6 cm³/mol. The Hall–Kier alpha value is -1.26. The molecule has 0 unspecified atom stereocenters. The maximum absolute atomic E-state index is 9.11. The highest BCUT2D eigenvalue weighted by Gasteiger charge is 2.06. The minimum atomic E-state index is -0.320. The van der Waals surface area contributed by atoms with Crippen molar-refractivity contribution in [2.75, 3.05) is 0 Å². The van der Waals surface area contributed by atoms with E-state index < -0.39 is 0 Å². The predicted octanol–water partition coefficient (Wildman–Crippen LogP) is 0.0824. The van der Waals surface area contributed by atoms with Gasteiger partial charge in [-0.3, -0.25) is 0 Å². The monoisotopic (exact) mass is 170 g/mol. The van der Waals surface area contributed by atoms with Crippen LogP contribution in [0, 0.1) is 0 Å². The van der Waals surface area contributed by atoms with Crippen LogP contribution < -0.4 is 0 Å². The van der Waals surface area contributed by atoms with Crippen LogP contribution in [0.2, 0.25) is 0 Å². The molecule has 0 aromatic heterocycles. The van der Waals surface area contributed by atoms with Gasteiger partial charge in [0.25, 0.3) is 0 Å². The molecule has 0 heterocycles. The van der Waals surface area contributed by atoms with Crippen molar-refractivity contribution in [2.24, 2.45) is 0 Å². The number of aliphatic hydroxyl groups excluding tert-OH is 2. The van der Waals surface area contributed by atoms with Gasteiger partial charge in [0.1, 0.15) is 11.5 Å². The van der Waals surface area contributed by atoms with Crippen molar-refractivity contribution in [1.29, 1.82) is 0 Å². The zero-order valence-corrected chi connectivity index (χ0v) is 6.36. The molecule has 0 aliphatic carbocycles. The summed E-state index contributed by atoms with van der Waals surface area (Å²) in [4.78, 5) is 0. The first-order chi connectivity index (χ1) is 5.69. The Labute approximate surface area is 69.3 Å². The van der Waals surface area contributed by atoms with Crippen molar-refractivity contribution < 1.29 is 20.4 Å². The molecular formula is C8H10O4. The smallest absolute Gasteiger partial charge is 0.124 e. The summed E-state index contributed by atoms with van der Waals surface area (Å²) in [6.07, 6.45) is 0. The zero-order valence-electron chi connectivity index (χ0n) is 6.36. The molecule has 4 N–H and O–H groups in total. The SMILES string of the molecule is OCc1cc(CO)c(O)cc1O. The first-order valence-corrected chi connectivity index (χ1v) is 3.44. The lowest BCUT2D eigenvalue weighted by Gasteiger charge is -2.05. The highest BCUT2D eigenvalue weighted by molar-refractivity contribution is 5.44. The Bertz CT molecular complexity index is 257. The number of phenols is 2. The lowest BCUT2D eigenvalue weighted by Crippen LogP contribution is -1.90. The van der Waals surface area contributed by atoms with E-state index in [2.05, 4.69) is 0 Å². The molecule has 4 nitrogen and oxygen atoms in total. The van der Waals surface area contributed by atoms with Crippen LogP contribution in [0.1, 0.15) is 11.1 Å². The van der Waals surface area contributed by atoms with Gasteiger partial charge in [-0.15, -0.1) is 0 Å². The first-order valence-electron chi connectivity index (χ1n) is 3.44. The van der Waals surface area contributed by atoms with Crippen LogP contribution in [0.3, 0.4) is 0 Å². The fourth-order valence-corrected chi connectivity index (χ4v) is 0.926. The molecule has 0 bridgehead atoms. The quantitative estimate of drug-likeness (QED) is 0.506. The van der Waals surface area contributed by atoms with Crippen molar-refractivity contribution in [1.82, 2.24) is 0 Å². The normalized spacial score (nSPS) is 10.2. The molecule has 4 heteroatoms. The van der Waals surface area contributed by atoms with Gasteiger partial charge in [-0.25, -0.2) is 0 Å². The number of hydrogen-bond acceptors (Lipinski definition) is 4. The van der Waals surface area contributed by atoms with Gasteiger partial charge in [0, 0.05) is 17.2 Å². The van der Waals surface area contributed by atoms with Gasteiger partial charge < -0.3 is 20.4 Å². The topological polar surface area (TPSA) is 80.9 Å². The lowest BCUT2D eigenvalue weighted by molar-refractivity contribution is 0.267. The van der Waals surface area contributed by atoms with E-state index in [4.69, 9.17) is 20.4 Å². The molecule has 0 fully saturated rings. The summed E-state index contributed by atoms with van der Waals surface area (Å²) in [5.74, 6) is -0.348. The molecule has 12 heavy (non-hydrogen) atoms. The summed E-state index contributed by atoms with van der Waals surface area (Å²) in [7, 11) is 0. The molecule has 0 aliphatic rings. The molecule has 0 spiro atoms. The van der Waals surface area contributed by atoms with Crippen LogP contribution >= 0.6 is 0 Å². The maximum Gasteiger partial charge on any atom is 0.124 e. The molecule has 0 atom stereocenters. The van der Waals surface area contributed by atoms with Gasteiger partial charge >= 0.3 is 0 Å². The van der Waals surface area contributed by atoms with Gasteiger partial charge in [-0.1, -0.05) is 0 Å². The Morgan fingerprint density at radius 3 is 1.58 bits per heavy atom. The highest BCUT2D eigenvalue weighted by atomic mass is 16.3. The van der Waals surface area contributed by atoms with Crippen LogP contribution in [0.4, 0.5) is 0 Å². The van der Waals surface area contributed by atoms with Crippen LogP contribution in [-0.2, 0) is 13.2 Å². The third kappa shape index (κ3) is 1.49. The minimum Gasteiger partial charge on any atom is -0.507 e. The van der Waals surface area contributed by atoms with Gasteiger partial charge in [-0.05, 0) is 6.07 Å². The Kier molecular flexibility index (Phi) is 2.52. The summed E-state index contributed by atoms with van der Waals surface area (Å²) < 4.78 is 0. The third-order valence-electron chi connectivity index (χ3n) is 1.62. The van der Waals surface area contributed by atoms with Crippen molar-refractivity contribution in [2.45, 2.75) is 13.2 Å². The summed E-state index contributed by atoms with van der Waals surface area (Å²) in [6.45, 7) is -0.641. The number of aromatic hydroxyl groups is 2. The molecule has 0 saturated heterocycles. The second-order valence-corrected chi connectivity index (χ2v) is 2.43. The fourth-order valence-electron chi connectivity index (χ4n) is 0.926. The molecule has 0 radical (unpaired) electrons. The Balaban J connectivity index is 3.18. The zero-order chi connectivity index (χ0) is 9.14. The van der Waals surface area contributed by atoms with E-state index in [0.29, 0.717) is 0 Å². The summed E-state index contributed by atoms with van der Waals surface area (Å²) in [6, 6.07) is 2.45. The van der Waals surface area contributed by atoms with Crippen LogP contribution in [0.15, 0.2) is 12.1 Å². The number of aliphatic hydroxyl groups is 2. The van der Waals surface area contributed by atoms with Crippen LogP contribution in [-0.4, -0.2) is 20.4 Å². The molecular weight excluding hydrogens is 160 g/mol. The summed E-state index contributed by atoms with van der Waals surface area (Å²) >= 11 is 0. The molecule has 1 aromatic carbocycles. The van der Waals surface area contributed by atoms with E-state index in [-0.39, 0.29) is 35.8 Å². The Morgan fingerprint density at radius 1 is 0.833 bits per heavy atom. The van der Waals surface area contributed by atoms with E-state index in [9.17, 15) is 0 Å². The van der Waals surface area contributed by atoms with Crippen molar-refractivity contribution in [3.8, 4) is 11.5 Å². The van der Waals surface area contributed by atoms with Gasteiger partial charge in [0.05, 0.1) is 13.2 Å². The van der Waals surface area contributed by atoms with E-state index in [1.54, 1.807) is 0 Å². The molecule has 1 aromatic rings. The molecule has 0 aliphatic heterocycles. The van der Waals surface area contributed by atoms with Gasteiger partial charge in [0.2, 0.25) is 0 Å². The van der Waals surface area contributed by atoms with E-state index in [1.807, 2.05) is 0 Å². The van der Waals surface area contributed by atoms with Crippen molar-refractivity contribution in [3.63, 3.8) is 0 Å². The highest BCUT2D eigenvalue weighted by Crippen LogP contribution is 2.27. The van der Waals surface area contributed by atoms with Crippen LogP contribution in [0.5, 0.6) is 11.5 Å². The average Bonchev–Trinajstić information content (AvgIpc) is 2.05. The summed E-state index contributed by atoms with van der Waals surface area (Å²) in [5.41, 5.74) is 0.578. The van der Waals surface area contributed by atoms with Crippen molar-refractivity contribution in [3.05, 3.63) is 23.3 Å². The molecule has 66 valence electrons. The van der Waals surface area contributed by atoms with Crippen molar-refractivity contribution >= 4 is 0 Å². The minimum absolute atomic E-state index is 0.174. The number of hydrogen-bond donors (Lipinski definition) is 4. The molecule has 1 rings (SSSR count). The first kappa shape index (κ1) is 8.83.